The Kier molecular flexibility index (Phi) is 5.95. The van der Waals surface area contributed by atoms with Gasteiger partial charge in [-0.3, -0.25) is 9.59 Å². The van der Waals surface area contributed by atoms with Crippen molar-refractivity contribution in [3.05, 3.63) is 35.9 Å². The molecule has 0 aromatic heterocycles. The number of carbonyl (C=O) groups is 2. The molecule has 0 unspecified atom stereocenters. The highest BCUT2D eigenvalue weighted by atomic mass is 16.5. The van der Waals surface area contributed by atoms with Crippen LogP contribution in [0.4, 0.5) is 0 Å². The lowest BCUT2D eigenvalue weighted by atomic mass is 9.83. The van der Waals surface area contributed by atoms with Crippen LogP contribution in [0.25, 0.3) is 0 Å². The summed E-state index contributed by atoms with van der Waals surface area (Å²) >= 11 is 0. The molecule has 0 radical (unpaired) electrons. The largest absolute Gasteiger partial charge is 0.368 e. The molecule has 5 nitrogen and oxygen atoms in total. The Bertz CT molecular complexity index is 498. The number of nitrogens with one attached hydrogen (secondary N) is 1. The number of carbonyl (C=O) groups excluding carboxylic acids is 2. The molecule has 1 aliphatic rings. The Balaban J connectivity index is 2.07. The third-order valence-electron chi connectivity index (χ3n) is 4.30. The summed E-state index contributed by atoms with van der Waals surface area (Å²) in [7, 11) is 1.48. The predicted molar refractivity (Wildman–Crippen MR) is 83.9 cm³/mol. The second-order valence-corrected chi connectivity index (χ2v) is 5.81. The second kappa shape index (κ2) is 7.94. The van der Waals surface area contributed by atoms with E-state index in [0.29, 0.717) is 0 Å². The van der Waals surface area contributed by atoms with E-state index in [2.05, 4.69) is 5.32 Å². The fraction of sp³-hybridized carbons (Fsp3) is 0.529. The van der Waals surface area contributed by atoms with Crippen LogP contribution in [0.1, 0.15) is 43.8 Å². The zero-order valence-corrected chi connectivity index (χ0v) is 13.0. The lowest BCUT2D eigenvalue weighted by molar-refractivity contribution is -0.136. The highest BCUT2D eigenvalue weighted by Gasteiger charge is 2.31. The Hall–Kier alpha value is -1.88. The number of benzene rings is 1. The van der Waals surface area contributed by atoms with Crippen LogP contribution in [0.3, 0.4) is 0 Å². The van der Waals surface area contributed by atoms with Gasteiger partial charge in [0.15, 0.2) is 6.10 Å². The second-order valence-electron chi connectivity index (χ2n) is 5.81. The van der Waals surface area contributed by atoms with Gasteiger partial charge in [-0.15, -0.1) is 0 Å². The fourth-order valence-electron chi connectivity index (χ4n) is 3.14. The summed E-state index contributed by atoms with van der Waals surface area (Å²) in [6, 6.07) is 8.61. The van der Waals surface area contributed by atoms with Gasteiger partial charge in [0.25, 0.3) is 5.91 Å². The van der Waals surface area contributed by atoms with Crippen LogP contribution < -0.4 is 11.1 Å². The number of methoxy groups -OCH3 is 1. The first-order chi connectivity index (χ1) is 10.6. The molecular formula is C17H24N2O3. The van der Waals surface area contributed by atoms with E-state index in [9.17, 15) is 9.59 Å². The van der Waals surface area contributed by atoms with Crippen molar-refractivity contribution in [2.75, 3.05) is 7.11 Å². The highest BCUT2D eigenvalue weighted by molar-refractivity contribution is 5.89. The zero-order valence-electron chi connectivity index (χ0n) is 13.0. The summed E-state index contributed by atoms with van der Waals surface area (Å²) in [5.74, 6) is -0.658. The van der Waals surface area contributed by atoms with Crippen LogP contribution in [0.15, 0.2) is 30.3 Å². The number of ether oxygens (including phenoxy) is 1. The zero-order chi connectivity index (χ0) is 15.9. The molecule has 0 aliphatic heterocycles. The van der Waals surface area contributed by atoms with Crippen LogP contribution in [0.5, 0.6) is 0 Å². The van der Waals surface area contributed by atoms with E-state index < -0.39 is 18.1 Å². The molecule has 120 valence electrons. The summed E-state index contributed by atoms with van der Waals surface area (Å²) in [5, 5.41) is 2.80. The van der Waals surface area contributed by atoms with Gasteiger partial charge < -0.3 is 15.8 Å². The van der Waals surface area contributed by atoms with Crippen LogP contribution >= 0.6 is 0 Å². The van der Waals surface area contributed by atoms with Crippen molar-refractivity contribution in [1.29, 1.82) is 0 Å². The molecule has 0 saturated heterocycles. The molecule has 2 atom stereocenters. The predicted octanol–water partition coefficient (Wildman–Crippen LogP) is 1.92. The maximum absolute atomic E-state index is 12.5. The van der Waals surface area contributed by atoms with E-state index in [1.54, 1.807) is 0 Å². The number of primary amides is 1. The van der Waals surface area contributed by atoms with Crippen molar-refractivity contribution in [3.63, 3.8) is 0 Å². The van der Waals surface area contributed by atoms with Gasteiger partial charge in [-0.2, -0.15) is 0 Å². The maximum Gasteiger partial charge on any atom is 0.254 e. The van der Waals surface area contributed by atoms with Gasteiger partial charge in [-0.25, -0.2) is 0 Å². The molecule has 22 heavy (non-hydrogen) atoms. The molecule has 2 amide bonds. The monoisotopic (exact) mass is 304 g/mol. The Morgan fingerprint density at radius 2 is 1.82 bits per heavy atom. The third-order valence-corrected chi connectivity index (χ3v) is 4.30. The van der Waals surface area contributed by atoms with Crippen LogP contribution in [-0.4, -0.2) is 25.0 Å². The maximum atomic E-state index is 12.5. The molecule has 0 bridgehead atoms. The number of hydrogen-bond acceptors (Lipinski definition) is 3. The summed E-state index contributed by atoms with van der Waals surface area (Å²) in [6.07, 6.45) is 4.47. The molecule has 1 aromatic carbocycles. The first-order valence-corrected chi connectivity index (χ1v) is 7.81. The lowest BCUT2D eigenvalue weighted by Gasteiger charge is -2.29. The molecule has 3 N–H and O–H groups in total. The topological polar surface area (TPSA) is 81.4 Å². The molecule has 1 aliphatic carbocycles. The molecule has 1 saturated carbocycles. The van der Waals surface area contributed by atoms with Crippen molar-refractivity contribution in [1.82, 2.24) is 5.32 Å². The summed E-state index contributed by atoms with van der Waals surface area (Å²) in [5.41, 5.74) is 6.26. The molecule has 0 spiro atoms. The highest BCUT2D eigenvalue weighted by Crippen LogP contribution is 2.27. The first-order valence-electron chi connectivity index (χ1n) is 7.81. The Morgan fingerprint density at radius 3 is 2.36 bits per heavy atom. The van der Waals surface area contributed by atoms with Crippen molar-refractivity contribution in [3.8, 4) is 0 Å². The molecular weight excluding hydrogens is 280 g/mol. The smallest absolute Gasteiger partial charge is 0.254 e. The van der Waals surface area contributed by atoms with Gasteiger partial charge in [0, 0.05) is 7.11 Å². The number of nitrogens with two attached hydrogens (primary N) is 1. The minimum Gasteiger partial charge on any atom is -0.368 e. The van der Waals surface area contributed by atoms with Crippen molar-refractivity contribution < 1.29 is 14.3 Å². The van der Waals surface area contributed by atoms with E-state index in [1.165, 1.54) is 13.5 Å². The lowest BCUT2D eigenvalue weighted by Crippen LogP contribution is -2.51. The summed E-state index contributed by atoms with van der Waals surface area (Å²) in [6.45, 7) is 0. The van der Waals surface area contributed by atoms with Gasteiger partial charge >= 0.3 is 0 Å². The van der Waals surface area contributed by atoms with Gasteiger partial charge in [-0.05, 0) is 24.3 Å². The number of hydrogen-bond donors (Lipinski definition) is 2. The van der Waals surface area contributed by atoms with E-state index in [1.807, 2.05) is 30.3 Å². The van der Waals surface area contributed by atoms with E-state index >= 15 is 0 Å². The van der Waals surface area contributed by atoms with Crippen LogP contribution in [-0.2, 0) is 14.3 Å². The summed E-state index contributed by atoms with van der Waals surface area (Å²) < 4.78 is 5.30. The van der Waals surface area contributed by atoms with E-state index in [0.717, 1.165) is 31.2 Å². The minimum absolute atomic E-state index is 0.128. The van der Waals surface area contributed by atoms with Crippen LogP contribution in [0, 0.1) is 5.92 Å². The van der Waals surface area contributed by atoms with Gasteiger partial charge in [0.05, 0.1) is 0 Å². The Morgan fingerprint density at radius 1 is 1.18 bits per heavy atom. The summed E-state index contributed by atoms with van der Waals surface area (Å²) in [4.78, 5) is 24.2. The molecule has 1 fully saturated rings. The third kappa shape index (κ3) is 4.07. The first kappa shape index (κ1) is 16.5. The molecule has 1 aromatic rings. The van der Waals surface area contributed by atoms with Gasteiger partial charge in [-0.1, -0.05) is 49.6 Å². The number of amides is 2. The number of rotatable bonds is 6. The molecule has 2 rings (SSSR count). The van der Waals surface area contributed by atoms with Crippen LogP contribution in [0.2, 0.25) is 0 Å². The van der Waals surface area contributed by atoms with Crippen molar-refractivity contribution in [2.45, 2.75) is 44.2 Å². The average Bonchev–Trinajstić information content (AvgIpc) is 2.55. The molecule has 5 heteroatoms. The SMILES string of the molecule is CO[C@@H](C(=O)N[C@H](C(N)=O)C1CCCCC1)c1ccccc1. The normalized spacial score (nSPS) is 18.4. The van der Waals surface area contributed by atoms with E-state index in [4.69, 9.17) is 10.5 Å². The van der Waals surface area contributed by atoms with E-state index in [-0.39, 0.29) is 11.8 Å². The quantitative estimate of drug-likeness (QED) is 0.842. The minimum atomic E-state index is -0.730. The van der Waals surface area contributed by atoms with Gasteiger partial charge in [0.1, 0.15) is 6.04 Å². The molecule has 0 heterocycles. The Labute approximate surface area is 131 Å². The standard InChI is InChI=1S/C17H24N2O3/c1-22-15(13-10-6-3-7-11-13)17(21)19-14(16(18)20)12-8-4-2-5-9-12/h3,6-7,10-12,14-15H,2,4-5,8-9H2,1H3,(H2,18,20)(H,19,21)/t14-,15+/m0/s1. The van der Waals surface area contributed by atoms with Crippen molar-refractivity contribution >= 4 is 11.8 Å². The van der Waals surface area contributed by atoms with Gasteiger partial charge in [0.2, 0.25) is 5.91 Å². The fourth-order valence-corrected chi connectivity index (χ4v) is 3.14. The average molecular weight is 304 g/mol. The van der Waals surface area contributed by atoms with Crippen molar-refractivity contribution in [2.24, 2.45) is 11.7 Å².